The minimum Gasteiger partial charge on any atom is -0.477 e. The molecule has 0 aliphatic heterocycles. The second-order valence-electron chi connectivity index (χ2n) is 7.77. The lowest BCUT2D eigenvalue weighted by molar-refractivity contribution is 0.0717. The Morgan fingerprint density at radius 1 is 1.18 bits per heavy atom. The van der Waals surface area contributed by atoms with Gasteiger partial charge in [-0.1, -0.05) is 36.6 Å². The predicted molar refractivity (Wildman–Crippen MR) is 109 cm³/mol. The van der Waals surface area contributed by atoms with Crippen molar-refractivity contribution in [3.63, 3.8) is 0 Å². The van der Waals surface area contributed by atoms with Gasteiger partial charge in [-0.25, -0.2) is 4.98 Å². The van der Waals surface area contributed by atoms with E-state index in [-0.39, 0.29) is 11.9 Å². The number of hydrogen-bond acceptors (Lipinski definition) is 4. The molecule has 2 aliphatic rings. The summed E-state index contributed by atoms with van der Waals surface area (Å²) in [5.41, 5.74) is 2.13. The molecule has 2 aliphatic carbocycles. The first-order valence-corrected chi connectivity index (χ1v) is 10.4. The Kier molecular flexibility index (Phi) is 5.83. The van der Waals surface area contributed by atoms with E-state index in [2.05, 4.69) is 10.3 Å². The molecule has 0 spiro atoms. The molecule has 148 valence electrons. The summed E-state index contributed by atoms with van der Waals surface area (Å²) in [6.45, 7) is 0.646. The molecule has 2 fully saturated rings. The fourth-order valence-electron chi connectivity index (χ4n) is 3.54. The van der Waals surface area contributed by atoms with Crippen molar-refractivity contribution >= 4 is 17.5 Å². The molecule has 5 nitrogen and oxygen atoms in total. The Hall–Kier alpha value is -2.11. The quantitative estimate of drug-likeness (QED) is 0.761. The van der Waals surface area contributed by atoms with Crippen molar-refractivity contribution in [2.45, 2.75) is 50.7 Å². The molecule has 6 heteroatoms. The molecule has 1 aromatic heterocycles. The number of hydrogen-bond donors (Lipinski definition) is 2. The summed E-state index contributed by atoms with van der Waals surface area (Å²) in [6, 6.07) is 9.03. The normalized spacial score (nSPS) is 21.9. The van der Waals surface area contributed by atoms with Crippen LogP contribution in [0.2, 0.25) is 5.02 Å². The Morgan fingerprint density at radius 2 is 1.93 bits per heavy atom. The molecule has 2 aromatic rings. The third-order valence-corrected chi connectivity index (χ3v) is 5.72. The van der Waals surface area contributed by atoms with E-state index in [9.17, 15) is 9.90 Å². The van der Waals surface area contributed by atoms with E-state index in [0.29, 0.717) is 29.0 Å². The topological polar surface area (TPSA) is 71.5 Å². The van der Waals surface area contributed by atoms with Crippen molar-refractivity contribution in [2.24, 2.45) is 5.92 Å². The van der Waals surface area contributed by atoms with Crippen molar-refractivity contribution in [2.75, 3.05) is 6.61 Å². The van der Waals surface area contributed by atoms with E-state index >= 15 is 0 Å². The minimum absolute atomic E-state index is 0.203. The summed E-state index contributed by atoms with van der Waals surface area (Å²) in [5.74, 6) is 0.918. The molecule has 2 saturated carbocycles. The highest BCUT2D eigenvalue weighted by molar-refractivity contribution is 6.30. The van der Waals surface area contributed by atoms with E-state index in [1.54, 1.807) is 6.20 Å². The summed E-state index contributed by atoms with van der Waals surface area (Å²) >= 11 is 6.02. The minimum atomic E-state index is -0.484. The highest BCUT2D eigenvalue weighted by Gasteiger charge is 2.26. The number of aliphatic hydroxyl groups excluding tert-OH is 1. The lowest BCUT2D eigenvalue weighted by atomic mass is 9.92. The van der Waals surface area contributed by atoms with Crippen LogP contribution in [0.25, 0.3) is 11.1 Å². The van der Waals surface area contributed by atoms with Crippen LogP contribution in [0.3, 0.4) is 0 Å². The van der Waals surface area contributed by atoms with Crippen LogP contribution in [0.5, 0.6) is 5.88 Å². The molecule has 0 bridgehead atoms. The fraction of sp³-hybridized carbons (Fsp3) is 0.455. The molecule has 0 radical (unpaired) electrons. The van der Waals surface area contributed by atoms with E-state index in [0.717, 1.165) is 36.8 Å². The number of nitrogens with zero attached hydrogens (tertiary/aromatic N) is 1. The second kappa shape index (κ2) is 8.50. The number of amides is 1. The van der Waals surface area contributed by atoms with Crippen molar-refractivity contribution in [1.82, 2.24) is 10.3 Å². The summed E-state index contributed by atoms with van der Waals surface area (Å²) in [4.78, 5) is 17.2. The number of carbonyl (C=O) groups is 1. The van der Waals surface area contributed by atoms with Crippen molar-refractivity contribution < 1.29 is 14.6 Å². The molecule has 4 rings (SSSR count). The van der Waals surface area contributed by atoms with Crippen LogP contribution >= 0.6 is 11.6 Å². The number of rotatable bonds is 6. The number of carbonyl (C=O) groups excluding carboxylic acids is 1. The van der Waals surface area contributed by atoms with E-state index in [1.165, 1.54) is 12.8 Å². The SMILES string of the molecule is O=C(N[C@@H]1CCCC[C@H]1O)c1cnc(OCC2CC2)c(-c2ccc(Cl)cc2)c1. The number of ether oxygens (including phenoxy) is 1. The van der Waals surface area contributed by atoms with Crippen LogP contribution in [0.15, 0.2) is 36.5 Å². The third kappa shape index (κ3) is 4.65. The van der Waals surface area contributed by atoms with Crippen LogP contribution in [0, 0.1) is 5.92 Å². The molecular weight excluding hydrogens is 376 g/mol. The van der Waals surface area contributed by atoms with Gasteiger partial charge >= 0.3 is 0 Å². The number of aromatic nitrogens is 1. The summed E-state index contributed by atoms with van der Waals surface area (Å²) < 4.78 is 5.93. The van der Waals surface area contributed by atoms with Crippen LogP contribution in [-0.2, 0) is 0 Å². The van der Waals surface area contributed by atoms with Gasteiger partial charge in [0, 0.05) is 16.8 Å². The van der Waals surface area contributed by atoms with Crippen molar-refractivity contribution in [3.8, 4) is 17.0 Å². The lowest BCUT2D eigenvalue weighted by Gasteiger charge is -2.28. The van der Waals surface area contributed by atoms with Gasteiger partial charge in [0.1, 0.15) is 0 Å². The summed E-state index contributed by atoms with van der Waals surface area (Å²) in [5, 5.41) is 13.7. The molecule has 1 aromatic carbocycles. The number of halogens is 1. The molecule has 28 heavy (non-hydrogen) atoms. The third-order valence-electron chi connectivity index (χ3n) is 5.47. The van der Waals surface area contributed by atoms with E-state index in [1.807, 2.05) is 30.3 Å². The first-order chi connectivity index (χ1) is 13.6. The number of benzene rings is 1. The molecule has 1 heterocycles. The maximum absolute atomic E-state index is 12.8. The van der Waals surface area contributed by atoms with Gasteiger partial charge in [-0.05, 0) is 55.4 Å². The van der Waals surface area contributed by atoms with Gasteiger partial charge in [-0.15, -0.1) is 0 Å². The van der Waals surface area contributed by atoms with E-state index in [4.69, 9.17) is 16.3 Å². The Labute approximate surface area is 170 Å². The highest BCUT2D eigenvalue weighted by Crippen LogP contribution is 2.33. The molecular formula is C22H25ClN2O3. The maximum Gasteiger partial charge on any atom is 0.253 e. The average Bonchev–Trinajstić information content (AvgIpc) is 3.53. The van der Waals surface area contributed by atoms with Gasteiger partial charge in [0.05, 0.1) is 24.3 Å². The molecule has 1 amide bonds. The Bertz CT molecular complexity index is 836. The average molecular weight is 401 g/mol. The predicted octanol–water partition coefficient (Wildman–Crippen LogP) is 4.22. The Morgan fingerprint density at radius 3 is 2.64 bits per heavy atom. The monoisotopic (exact) mass is 400 g/mol. The molecule has 2 N–H and O–H groups in total. The van der Waals surface area contributed by atoms with Gasteiger partial charge in [0.25, 0.3) is 5.91 Å². The number of nitrogens with one attached hydrogen (secondary N) is 1. The van der Waals surface area contributed by atoms with Gasteiger partial charge in [-0.2, -0.15) is 0 Å². The van der Waals surface area contributed by atoms with Crippen LogP contribution in [-0.4, -0.2) is 34.8 Å². The van der Waals surface area contributed by atoms with Gasteiger partial charge < -0.3 is 15.2 Å². The van der Waals surface area contributed by atoms with E-state index < -0.39 is 6.10 Å². The molecule has 0 saturated heterocycles. The van der Waals surface area contributed by atoms with Gasteiger partial charge in [0.15, 0.2) is 0 Å². The lowest BCUT2D eigenvalue weighted by Crippen LogP contribution is -2.45. The smallest absolute Gasteiger partial charge is 0.253 e. The first kappa shape index (κ1) is 19.2. The standard InChI is InChI=1S/C22H25ClN2O3/c23-17-9-7-15(8-10-17)18-11-16(12-24-22(18)28-13-14-5-6-14)21(27)25-19-3-1-2-4-20(19)26/h7-12,14,19-20,26H,1-6,13H2,(H,25,27)/t19-,20-/m1/s1. The molecule has 2 atom stereocenters. The highest BCUT2D eigenvalue weighted by atomic mass is 35.5. The van der Waals surface area contributed by atoms with Crippen molar-refractivity contribution in [1.29, 1.82) is 0 Å². The zero-order chi connectivity index (χ0) is 19.5. The summed E-state index contributed by atoms with van der Waals surface area (Å²) in [6.07, 6.45) is 7.00. The van der Waals surface area contributed by atoms with Crippen molar-refractivity contribution in [3.05, 3.63) is 47.1 Å². The second-order valence-corrected chi connectivity index (χ2v) is 8.21. The number of aliphatic hydroxyl groups is 1. The molecule has 0 unspecified atom stereocenters. The van der Waals surface area contributed by atoms with Gasteiger partial charge in [0.2, 0.25) is 5.88 Å². The zero-order valence-electron chi connectivity index (χ0n) is 15.7. The first-order valence-electron chi connectivity index (χ1n) is 9.98. The van der Waals surface area contributed by atoms with Crippen LogP contribution in [0.1, 0.15) is 48.9 Å². The zero-order valence-corrected chi connectivity index (χ0v) is 16.5. The number of pyridine rings is 1. The van der Waals surface area contributed by atoms with Crippen LogP contribution < -0.4 is 10.1 Å². The largest absolute Gasteiger partial charge is 0.477 e. The fourth-order valence-corrected chi connectivity index (χ4v) is 3.67. The maximum atomic E-state index is 12.8. The summed E-state index contributed by atoms with van der Waals surface area (Å²) in [7, 11) is 0. The van der Waals surface area contributed by atoms with Crippen LogP contribution in [0.4, 0.5) is 0 Å². The van der Waals surface area contributed by atoms with Gasteiger partial charge in [-0.3, -0.25) is 4.79 Å². The Balaban J connectivity index is 1.57.